The molecule has 0 radical (unpaired) electrons. The van der Waals surface area contributed by atoms with Crippen LogP contribution in [0.1, 0.15) is 15.9 Å². The Bertz CT molecular complexity index is 925. The van der Waals surface area contributed by atoms with Crippen LogP contribution in [0.4, 0.5) is 16.2 Å². The lowest BCUT2D eigenvalue weighted by atomic mass is 10.1. The summed E-state index contributed by atoms with van der Waals surface area (Å²) in [6, 6.07) is 7.53. The highest BCUT2D eigenvalue weighted by molar-refractivity contribution is 5.93. The highest BCUT2D eigenvalue weighted by Gasteiger charge is 2.21. The molecular weight excluding hydrogens is 362 g/mol. The number of carbonyl (C=O) groups is 2. The summed E-state index contributed by atoms with van der Waals surface area (Å²) in [5.74, 6) is -0.969. The monoisotopic (exact) mass is 373 g/mol. The second kappa shape index (κ2) is 8.15. The summed E-state index contributed by atoms with van der Waals surface area (Å²) in [5.41, 5.74) is 5.70. The molecule has 0 bridgehead atoms. The first-order chi connectivity index (χ1) is 12.8. The van der Waals surface area contributed by atoms with E-state index in [-0.39, 0.29) is 11.3 Å². The van der Waals surface area contributed by atoms with Crippen LogP contribution in [0.15, 0.2) is 47.6 Å². The number of non-ortho nitro benzene ring substituents is 2. The zero-order chi connectivity index (χ0) is 20.0. The molecule has 138 valence electrons. The van der Waals surface area contributed by atoms with Crippen LogP contribution >= 0.6 is 0 Å². The third-order valence-corrected chi connectivity index (χ3v) is 3.02. The van der Waals surface area contributed by atoms with E-state index in [4.69, 9.17) is 10.5 Å². The smallest absolute Gasteiger partial charge is 0.344 e. The third kappa shape index (κ3) is 5.32. The molecule has 0 saturated heterocycles. The molecule has 2 aromatic rings. The Hall–Kier alpha value is -4.35. The molecule has 0 heterocycles. The van der Waals surface area contributed by atoms with E-state index in [1.165, 1.54) is 24.4 Å². The van der Waals surface area contributed by atoms with Crippen LogP contribution in [-0.2, 0) is 0 Å². The quantitative estimate of drug-likeness (QED) is 0.254. The molecule has 12 nitrogen and oxygen atoms in total. The largest absolute Gasteiger partial charge is 0.423 e. The van der Waals surface area contributed by atoms with Gasteiger partial charge in [0.25, 0.3) is 11.4 Å². The van der Waals surface area contributed by atoms with Crippen LogP contribution in [0.5, 0.6) is 5.75 Å². The summed E-state index contributed by atoms with van der Waals surface area (Å²) < 4.78 is 5.08. The molecule has 0 aliphatic carbocycles. The third-order valence-electron chi connectivity index (χ3n) is 3.02. The Labute approximate surface area is 150 Å². The summed E-state index contributed by atoms with van der Waals surface area (Å²) in [4.78, 5) is 42.8. The fourth-order valence-electron chi connectivity index (χ4n) is 1.92. The van der Waals surface area contributed by atoms with Gasteiger partial charge in [0, 0.05) is 12.1 Å². The van der Waals surface area contributed by atoms with E-state index < -0.39 is 33.2 Å². The first kappa shape index (κ1) is 19.0. The van der Waals surface area contributed by atoms with Crippen molar-refractivity contribution in [2.75, 3.05) is 0 Å². The van der Waals surface area contributed by atoms with Gasteiger partial charge in [0.05, 0.1) is 27.7 Å². The van der Waals surface area contributed by atoms with Crippen LogP contribution in [-0.4, -0.2) is 28.1 Å². The van der Waals surface area contributed by atoms with Crippen molar-refractivity contribution < 1.29 is 24.2 Å². The fourth-order valence-corrected chi connectivity index (χ4v) is 1.92. The number of rotatable bonds is 6. The van der Waals surface area contributed by atoms with Gasteiger partial charge in [-0.25, -0.2) is 15.0 Å². The maximum absolute atomic E-state index is 12.2. The number of nitro groups is 2. The normalized spacial score (nSPS) is 10.4. The molecule has 0 aromatic heterocycles. The topological polar surface area (TPSA) is 180 Å². The second-order valence-electron chi connectivity index (χ2n) is 4.95. The van der Waals surface area contributed by atoms with Crippen LogP contribution in [0.2, 0.25) is 0 Å². The van der Waals surface area contributed by atoms with Gasteiger partial charge in [-0.05, 0) is 17.7 Å². The van der Waals surface area contributed by atoms with Gasteiger partial charge in [-0.1, -0.05) is 12.1 Å². The van der Waals surface area contributed by atoms with Crippen LogP contribution in [0, 0.1) is 20.2 Å². The van der Waals surface area contributed by atoms with Crippen molar-refractivity contribution in [3.63, 3.8) is 0 Å². The highest BCUT2D eigenvalue weighted by Crippen LogP contribution is 2.24. The van der Waals surface area contributed by atoms with E-state index in [9.17, 15) is 29.8 Å². The zero-order valence-electron chi connectivity index (χ0n) is 13.4. The number of urea groups is 1. The number of nitro benzene ring substituents is 2. The van der Waals surface area contributed by atoms with Gasteiger partial charge < -0.3 is 10.5 Å². The molecule has 0 aliphatic rings. The fraction of sp³-hybridized carbons (Fsp3) is 0. The van der Waals surface area contributed by atoms with Crippen molar-refractivity contribution in [2.45, 2.75) is 0 Å². The standard InChI is InChI=1S/C15H11N5O7/c16-15(22)18-17-8-9-2-1-3-13(4-9)27-14(21)10-5-11(19(23)24)7-12(6-10)20(25)26/h1-8H,(H3,16,18,22)/b17-8-. The lowest BCUT2D eigenvalue weighted by Crippen LogP contribution is -2.24. The molecule has 2 amide bonds. The molecule has 0 atom stereocenters. The number of benzene rings is 2. The molecule has 0 spiro atoms. The Kier molecular flexibility index (Phi) is 5.73. The molecule has 2 aromatic carbocycles. The summed E-state index contributed by atoms with van der Waals surface area (Å²) in [7, 11) is 0. The molecular formula is C15H11N5O7. The lowest BCUT2D eigenvalue weighted by Gasteiger charge is -2.05. The van der Waals surface area contributed by atoms with Crippen LogP contribution in [0.25, 0.3) is 0 Å². The first-order valence-corrected chi connectivity index (χ1v) is 7.11. The molecule has 27 heavy (non-hydrogen) atoms. The van der Waals surface area contributed by atoms with Crippen LogP contribution in [0.3, 0.4) is 0 Å². The van der Waals surface area contributed by atoms with Crippen molar-refractivity contribution in [3.05, 3.63) is 73.8 Å². The Balaban J connectivity index is 2.24. The predicted molar refractivity (Wildman–Crippen MR) is 91.5 cm³/mol. The summed E-state index contributed by atoms with van der Waals surface area (Å²) in [6.45, 7) is 0. The number of nitrogens with zero attached hydrogens (tertiary/aromatic N) is 3. The molecule has 0 unspecified atom stereocenters. The minimum atomic E-state index is -1.02. The summed E-state index contributed by atoms with van der Waals surface area (Å²) >= 11 is 0. The van der Waals surface area contributed by atoms with Crippen molar-refractivity contribution in [2.24, 2.45) is 10.8 Å². The molecule has 0 fully saturated rings. The second-order valence-corrected chi connectivity index (χ2v) is 4.95. The van der Waals surface area contributed by atoms with Crippen molar-refractivity contribution >= 4 is 29.6 Å². The van der Waals surface area contributed by atoms with Gasteiger partial charge in [0.1, 0.15) is 5.75 Å². The van der Waals surface area contributed by atoms with Crippen molar-refractivity contribution in [1.82, 2.24) is 5.43 Å². The molecule has 2 rings (SSSR count). The van der Waals surface area contributed by atoms with Crippen molar-refractivity contribution in [3.8, 4) is 5.75 Å². The number of nitrogens with two attached hydrogens (primary N) is 1. The number of hydrogen-bond acceptors (Lipinski definition) is 8. The van der Waals surface area contributed by atoms with E-state index in [2.05, 4.69) is 5.10 Å². The average molecular weight is 373 g/mol. The maximum Gasteiger partial charge on any atom is 0.344 e. The van der Waals surface area contributed by atoms with Gasteiger partial charge in [-0.2, -0.15) is 5.10 Å². The summed E-state index contributed by atoms with van der Waals surface area (Å²) in [5, 5.41) is 25.3. The number of nitrogens with one attached hydrogen (secondary N) is 1. The van der Waals surface area contributed by atoms with E-state index in [0.717, 1.165) is 18.2 Å². The summed E-state index contributed by atoms with van der Waals surface area (Å²) in [6.07, 6.45) is 1.24. The van der Waals surface area contributed by atoms with E-state index in [0.29, 0.717) is 5.56 Å². The lowest BCUT2D eigenvalue weighted by molar-refractivity contribution is -0.394. The van der Waals surface area contributed by atoms with Crippen molar-refractivity contribution in [1.29, 1.82) is 0 Å². The predicted octanol–water partition coefficient (Wildman–Crippen LogP) is 1.72. The highest BCUT2D eigenvalue weighted by atomic mass is 16.6. The minimum absolute atomic E-state index is 0.0529. The maximum atomic E-state index is 12.2. The zero-order valence-corrected chi connectivity index (χ0v) is 13.4. The first-order valence-electron chi connectivity index (χ1n) is 7.11. The van der Waals surface area contributed by atoms with E-state index in [1.54, 1.807) is 6.07 Å². The number of amides is 2. The van der Waals surface area contributed by atoms with Gasteiger partial charge in [0.2, 0.25) is 0 Å². The molecule has 12 heteroatoms. The average Bonchev–Trinajstić information content (AvgIpc) is 2.61. The Morgan fingerprint density at radius 2 is 1.70 bits per heavy atom. The Morgan fingerprint density at radius 1 is 1.07 bits per heavy atom. The Morgan fingerprint density at radius 3 is 2.26 bits per heavy atom. The molecule has 3 N–H and O–H groups in total. The molecule has 0 aliphatic heterocycles. The van der Waals surface area contributed by atoms with E-state index >= 15 is 0 Å². The van der Waals surface area contributed by atoms with E-state index in [1.807, 2.05) is 5.43 Å². The number of carbonyl (C=O) groups excluding carboxylic acids is 2. The van der Waals surface area contributed by atoms with Gasteiger partial charge in [-0.15, -0.1) is 0 Å². The number of ether oxygens (including phenoxy) is 1. The number of hydrogen-bond donors (Lipinski definition) is 2. The van der Waals surface area contributed by atoms with Gasteiger partial charge in [0.15, 0.2) is 0 Å². The van der Waals surface area contributed by atoms with Crippen LogP contribution < -0.4 is 15.9 Å². The van der Waals surface area contributed by atoms with Gasteiger partial charge in [-0.3, -0.25) is 20.2 Å². The minimum Gasteiger partial charge on any atom is -0.423 e. The number of hydrazone groups is 1. The number of esters is 1. The molecule has 0 saturated carbocycles. The number of primary amides is 1. The SMILES string of the molecule is NC(=O)N/N=C\c1cccc(OC(=O)c2cc([N+](=O)[O-])cc([N+](=O)[O-])c2)c1. The van der Waals surface area contributed by atoms with Gasteiger partial charge >= 0.3 is 12.0 Å².